The van der Waals surface area contributed by atoms with Crippen LogP contribution >= 0.6 is 0 Å². The van der Waals surface area contributed by atoms with Crippen LogP contribution in [0.4, 0.5) is 10.1 Å². The van der Waals surface area contributed by atoms with Gasteiger partial charge in [0.2, 0.25) is 11.6 Å². The minimum absolute atomic E-state index is 0.0113. The number of nitro benzene ring substituents is 1. The van der Waals surface area contributed by atoms with E-state index in [1.54, 1.807) is 0 Å². The summed E-state index contributed by atoms with van der Waals surface area (Å²) >= 11 is 0. The van der Waals surface area contributed by atoms with Crippen molar-refractivity contribution in [2.75, 3.05) is 7.05 Å². The molecule has 0 spiro atoms. The zero-order chi connectivity index (χ0) is 13.8. The normalized spacial score (nSPS) is 23.1. The predicted octanol–water partition coefficient (Wildman–Crippen LogP) is 2.64. The molecule has 1 N–H and O–H groups in total. The lowest BCUT2D eigenvalue weighted by molar-refractivity contribution is -0.388. The number of nitrogens with zero attached hydrogens (tertiary/aromatic N) is 1. The average Bonchev–Trinajstić information content (AvgIpc) is 2.39. The molecule has 2 atom stereocenters. The van der Waals surface area contributed by atoms with E-state index in [9.17, 15) is 14.5 Å². The van der Waals surface area contributed by atoms with Crippen molar-refractivity contribution >= 4 is 5.69 Å². The summed E-state index contributed by atoms with van der Waals surface area (Å²) in [4.78, 5) is 10.2. The molecule has 19 heavy (non-hydrogen) atoms. The van der Waals surface area contributed by atoms with Gasteiger partial charge in [-0.2, -0.15) is 4.39 Å². The summed E-state index contributed by atoms with van der Waals surface area (Å²) in [6, 6.07) is 4.09. The molecule has 0 aromatic heterocycles. The average molecular weight is 268 g/mol. The van der Waals surface area contributed by atoms with Crippen molar-refractivity contribution in [3.05, 3.63) is 34.1 Å². The predicted molar refractivity (Wildman–Crippen MR) is 68.8 cm³/mol. The Morgan fingerprint density at radius 3 is 2.84 bits per heavy atom. The number of ether oxygens (including phenoxy) is 1. The summed E-state index contributed by atoms with van der Waals surface area (Å²) in [6.07, 6.45) is 3.76. The van der Waals surface area contributed by atoms with Crippen molar-refractivity contribution in [1.82, 2.24) is 5.32 Å². The summed E-state index contributed by atoms with van der Waals surface area (Å²) in [5, 5.41) is 14.1. The third kappa shape index (κ3) is 3.01. The SMILES string of the molecule is CNC1CCCCC1Oc1cccc(F)c1[N+](=O)[O-]. The molecule has 0 bridgehead atoms. The largest absolute Gasteiger partial charge is 0.482 e. The van der Waals surface area contributed by atoms with Crippen molar-refractivity contribution in [3.63, 3.8) is 0 Å². The van der Waals surface area contributed by atoms with Crippen molar-refractivity contribution in [2.45, 2.75) is 37.8 Å². The number of likely N-dealkylation sites (N-methyl/N-ethyl adjacent to an activating group) is 1. The highest BCUT2D eigenvalue weighted by atomic mass is 19.1. The van der Waals surface area contributed by atoms with E-state index < -0.39 is 16.4 Å². The van der Waals surface area contributed by atoms with E-state index in [0.717, 1.165) is 31.7 Å². The zero-order valence-electron chi connectivity index (χ0n) is 10.8. The summed E-state index contributed by atoms with van der Waals surface area (Å²) in [5.74, 6) is -0.850. The highest BCUT2D eigenvalue weighted by molar-refractivity contribution is 5.47. The van der Waals surface area contributed by atoms with Crippen LogP contribution in [0.1, 0.15) is 25.7 Å². The van der Waals surface area contributed by atoms with Crippen LogP contribution in [0, 0.1) is 15.9 Å². The van der Waals surface area contributed by atoms with Gasteiger partial charge in [0.05, 0.1) is 4.92 Å². The molecular formula is C13H17FN2O3. The van der Waals surface area contributed by atoms with Crippen LogP contribution in [0.25, 0.3) is 0 Å². The second kappa shape index (κ2) is 5.97. The van der Waals surface area contributed by atoms with E-state index in [1.165, 1.54) is 12.1 Å². The molecule has 2 unspecified atom stereocenters. The molecule has 0 aliphatic heterocycles. The molecule has 0 amide bonds. The Kier molecular flexibility index (Phi) is 4.31. The van der Waals surface area contributed by atoms with E-state index in [0.29, 0.717) is 0 Å². The second-order valence-corrected chi connectivity index (χ2v) is 4.68. The molecule has 1 aliphatic rings. The summed E-state index contributed by atoms with van der Waals surface area (Å²) in [6.45, 7) is 0. The Hall–Kier alpha value is -1.69. The molecule has 1 aromatic carbocycles. The van der Waals surface area contributed by atoms with Crippen LogP contribution in [0.15, 0.2) is 18.2 Å². The van der Waals surface area contributed by atoms with Gasteiger partial charge in [-0.05, 0) is 38.4 Å². The standard InChI is InChI=1S/C13H17FN2O3/c1-15-10-6-2-3-7-11(10)19-12-8-4-5-9(14)13(12)16(17)18/h4-5,8,10-11,15H,2-3,6-7H2,1H3. The Morgan fingerprint density at radius 2 is 2.16 bits per heavy atom. The second-order valence-electron chi connectivity index (χ2n) is 4.68. The minimum atomic E-state index is -0.862. The van der Waals surface area contributed by atoms with Crippen LogP contribution in [-0.2, 0) is 0 Å². The van der Waals surface area contributed by atoms with Gasteiger partial charge < -0.3 is 10.1 Å². The third-order valence-electron chi connectivity index (χ3n) is 3.48. The van der Waals surface area contributed by atoms with Gasteiger partial charge in [-0.15, -0.1) is 0 Å². The number of nitrogens with one attached hydrogen (secondary N) is 1. The van der Waals surface area contributed by atoms with Gasteiger partial charge >= 0.3 is 5.69 Å². The first-order valence-electron chi connectivity index (χ1n) is 6.40. The van der Waals surface area contributed by atoms with E-state index in [-0.39, 0.29) is 17.9 Å². The lowest BCUT2D eigenvalue weighted by atomic mass is 9.92. The highest BCUT2D eigenvalue weighted by Crippen LogP contribution is 2.32. The molecule has 0 saturated heterocycles. The van der Waals surface area contributed by atoms with E-state index >= 15 is 0 Å². The van der Waals surface area contributed by atoms with Gasteiger partial charge in [0.1, 0.15) is 6.10 Å². The fourth-order valence-electron chi connectivity index (χ4n) is 2.50. The smallest absolute Gasteiger partial charge is 0.346 e. The van der Waals surface area contributed by atoms with Crippen LogP contribution in [0.2, 0.25) is 0 Å². The monoisotopic (exact) mass is 268 g/mol. The number of para-hydroxylation sites is 1. The maximum absolute atomic E-state index is 13.5. The van der Waals surface area contributed by atoms with Gasteiger partial charge in [-0.3, -0.25) is 10.1 Å². The van der Waals surface area contributed by atoms with Crippen LogP contribution in [-0.4, -0.2) is 24.1 Å². The number of hydrogen-bond donors (Lipinski definition) is 1. The first-order valence-corrected chi connectivity index (χ1v) is 6.40. The van der Waals surface area contributed by atoms with Crippen molar-refractivity contribution < 1.29 is 14.1 Å². The molecule has 2 rings (SSSR count). The van der Waals surface area contributed by atoms with Gasteiger partial charge in [0.25, 0.3) is 0 Å². The maximum Gasteiger partial charge on any atom is 0.346 e. The molecule has 0 radical (unpaired) electrons. The lowest BCUT2D eigenvalue weighted by Gasteiger charge is -2.31. The zero-order valence-corrected chi connectivity index (χ0v) is 10.8. The van der Waals surface area contributed by atoms with Gasteiger partial charge in [0, 0.05) is 6.04 Å². The van der Waals surface area contributed by atoms with E-state index in [4.69, 9.17) is 4.74 Å². The van der Waals surface area contributed by atoms with Crippen molar-refractivity contribution in [3.8, 4) is 5.75 Å². The molecule has 1 saturated carbocycles. The fraction of sp³-hybridized carbons (Fsp3) is 0.538. The molecule has 0 heterocycles. The number of halogens is 1. The molecule has 1 aliphatic carbocycles. The van der Waals surface area contributed by atoms with Gasteiger partial charge in [-0.1, -0.05) is 12.5 Å². The van der Waals surface area contributed by atoms with E-state index in [1.807, 2.05) is 7.05 Å². The summed E-state index contributed by atoms with van der Waals surface area (Å²) < 4.78 is 19.2. The minimum Gasteiger partial charge on any atom is -0.482 e. The molecule has 1 aromatic rings. The maximum atomic E-state index is 13.5. The fourth-order valence-corrected chi connectivity index (χ4v) is 2.50. The van der Waals surface area contributed by atoms with Crippen LogP contribution in [0.5, 0.6) is 5.75 Å². The first kappa shape index (κ1) is 13.7. The van der Waals surface area contributed by atoms with Gasteiger partial charge in [-0.25, -0.2) is 0 Å². The molecule has 6 heteroatoms. The Labute approximate surface area is 110 Å². The molecule has 104 valence electrons. The Morgan fingerprint density at radius 1 is 1.42 bits per heavy atom. The van der Waals surface area contributed by atoms with Crippen LogP contribution < -0.4 is 10.1 Å². The number of rotatable bonds is 4. The Bertz CT molecular complexity index is 467. The molecular weight excluding hydrogens is 251 g/mol. The highest BCUT2D eigenvalue weighted by Gasteiger charge is 2.29. The summed E-state index contributed by atoms with van der Waals surface area (Å²) in [5.41, 5.74) is -0.581. The van der Waals surface area contributed by atoms with Crippen LogP contribution in [0.3, 0.4) is 0 Å². The molecule has 5 nitrogen and oxygen atoms in total. The third-order valence-corrected chi connectivity index (χ3v) is 3.48. The number of benzene rings is 1. The van der Waals surface area contributed by atoms with Gasteiger partial charge in [0.15, 0.2) is 0 Å². The van der Waals surface area contributed by atoms with Crippen molar-refractivity contribution in [2.24, 2.45) is 0 Å². The Balaban J connectivity index is 2.22. The topological polar surface area (TPSA) is 64.4 Å². The first-order chi connectivity index (χ1) is 9.13. The summed E-state index contributed by atoms with van der Waals surface area (Å²) in [7, 11) is 1.84. The lowest BCUT2D eigenvalue weighted by Crippen LogP contribution is -2.43. The van der Waals surface area contributed by atoms with E-state index in [2.05, 4.69) is 5.32 Å². The molecule has 1 fully saturated rings. The quantitative estimate of drug-likeness (QED) is 0.673. The number of hydrogen-bond acceptors (Lipinski definition) is 4. The number of nitro groups is 1. The van der Waals surface area contributed by atoms with Crippen molar-refractivity contribution in [1.29, 1.82) is 0 Å².